The molecule has 4 aliphatic rings. The summed E-state index contributed by atoms with van der Waals surface area (Å²) < 4.78 is 35.1. The summed E-state index contributed by atoms with van der Waals surface area (Å²) >= 11 is 0. The molecule has 3 heterocycles. The number of aliphatic hydroxyl groups is 4. The molecule has 17 nitrogen and oxygen atoms in total. The highest BCUT2D eigenvalue weighted by Crippen LogP contribution is 2.34. The Balaban J connectivity index is 1.47. The summed E-state index contributed by atoms with van der Waals surface area (Å²) in [4.78, 5) is 11.2. The van der Waals surface area contributed by atoms with Crippen molar-refractivity contribution < 1.29 is 48.8 Å². The number of hydrogen-bond donors (Lipinski definition) is 9. The van der Waals surface area contributed by atoms with Crippen molar-refractivity contribution in [1.29, 1.82) is 0 Å². The van der Waals surface area contributed by atoms with Gasteiger partial charge in [-0.3, -0.25) is 0 Å². The second-order valence-corrected chi connectivity index (χ2v) is 10.6. The third-order valence-corrected chi connectivity index (χ3v) is 7.77. The Hall–Kier alpha value is -1.42. The zero-order valence-corrected chi connectivity index (χ0v) is 22.0. The summed E-state index contributed by atoms with van der Waals surface area (Å²) in [5, 5.41) is 45.1. The lowest BCUT2D eigenvalue weighted by molar-refractivity contribution is -0.274. The first kappa shape index (κ1) is 31.5. The van der Waals surface area contributed by atoms with E-state index >= 15 is 0 Å². The fourth-order valence-electron chi connectivity index (χ4n) is 5.45. The van der Waals surface area contributed by atoms with Gasteiger partial charge in [-0.15, -0.1) is 0 Å². The highest BCUT2D eigenvalue weighted by Gasteiger charge is 2.52. The Bertz CT molecular complexity index is 875. The minimum absolute atomic E-state index is 0.107. The van der Waals surface area contributed by atoms with Gasteiger partial charge in [-0.2, -0.15) is 4.91 Å². The minimum atomic E-state index is -1.49. The topological polar surface area (TPSA) is 296 Å². The van der Waals surface area contributed by atoms with E-state index in [1.165, 1.54) is 0 Å². The van der Waals surface area contributed by atoms with Crippen molar-refractivity contribution in [1.82, 2.24) is 0 Å². The van der Waals surface area contributed by atoms with Crippen molar-refractivity contribution in [2.75, 3.05) is 19.7 Å². The average molecular weight is 579 g/mol. The maximum Gasteiger partial charge on any atom is 0.215 e. The first-order chi connectivity index (χ1) is 19.1. The van der Waals surface area contributed by atoms with Gasteiger partial charge < -0.3 is 77.5 Å². The number of rotatable bonds is 10. The Morgan fingerprint density at radius 3 is 2.23 bits per heavy atom. The van der Waals surface area contributed by atoms with Crippen molar-refractivity contribution in [2.45, 2.75) is 111 Å². The Labute approximate surface area is 230 Å². The fraction of sp³-hybridized carbons (Fsp3) is 0.913. The van der Waals surface area contributed by atoms with Crippen LogP contribution in [-0.2, 0) is 28.4 Å². The lowest BCUT2D eigenvalue weighted by Crippen LogP contribution is -2.65. The smallest absolute Gasteiger partial charge is 0.215 e. The molecule has 14 N–H and O–H groups in total. The lowest BCUT2D eigenvalue weighted by atomic mass is 9.84. The normalized spacial score (nSPS) is 47.9. The first-order valence-corrected chi connectivity index (χ1v) is 13.4. The van der Waals surface area contributed by atoms with E-state index in [1.54, 1.807) is 6.08 Å². The van der Waals surface area contributed by atoms with Crippen LogP contribution in [0.25, 0.3) is 0 Å². The highest BCUT2D eigenvalue weighted by molar-refractivity contribution is 5.04. The SMILES string of the molecule is NCC1=CC[C@@H](N)[C@@H](O[C@H]2[C@H](O[C@@H]3O[C@H](CO)[C@@H](O[C@@H]4C[C@@H](N=O)[C@@H](O)[C@H](CN)O4)[C@H]3O)[C@@H](O)[C@H](N)C[C@@H]2N)O1. The van der Waals surface area contributed by atoms with Crippen molar-refractivity contribution in [3.05, 3.63) is 16.7 Å². The van der Waals surface area contributed by atoms with Gasteiger partial charge >= 0.3 is 0 Å². The third kappa shape index (κ3) is 6.63. The van der Waals surface area contributed by atoms with Crippen molar-refractivity contribution in [3.8, 4) is 0 Å². The molecule has 0 aromatic heterocycles. The van der Waals surface area contributed by atoms with Gasteiger partial charge in [0.25, 0.3) is 0 Å². The van der Waals surface area contributed by atoms with Crippen molar-refractivity contribution >= 4 is 0 Å². The van der Waals surface area contributed by atoms with Crippen LogP contribution in [0.4, 0.5) is 0 Å². The van der Waals surface area contributed by atoms with Crippen LogP contribution in [0.5, 0.6) is 0 Å². The van der Waals surface area contributed by atoms with Gasteiger partial charge in [0.05, 0.1) is 25.3 Å². The molecule has 0 bridgehead atoms. The molecule has 0 aromatic carbocycles. The summed E-state index contributed by atoms with van der Waals surface area (Å²) in [5.41, 5.74) is 29.9. The van der Waals surface area contributed by atoms with Crippen LogP contribution in [0.15, 0.2) is 17.0 Å². The molecular weight excluding hydrogens is 536 g/mol. The van der Waals surface area contributed by atoms with Gasteiger partial charge in [-0.25, -0.2) is 0 Å². The zero-order chi connectivity index (χ0) is 29.1. The highest BCUT2D eigenvalue weighted by atomic mass is 16.8. The summed E-state index contributed by atoms with van der Waals surface area (Å²) in [6.07, 6.45) is -10.5. The van der Waals surface area contributed by atoms with Gasteiger partial charge in [0.2, 0.25) is 6.29 Å². The molecule has 3 aliphatic heterocycles. The van der Waals surface area contributed by atoms with Gasteiger partial charge in [-0.05, 0) is 18.9 Å². The second-order valence-electron chi connectivity index (χ2n) is 10.6. The van der Waals surface area contributed by atoms with Crippen LogP contribution in [0, 0.1) is 4.91 Å². The van der Waals surface area contributed by atoms with Crippen LogP contribution in [-0.4, -0.2) is 132 Å². The van der Waals surface area contributed by atoms with E-state index in [0.29, 0.717) is 12.2 Å². The van der Waals surface area contributed by atoms with Gasteiger partial charge in [-0.1, -0.05) is 5.18 Å². The predicted molar refractivity (Wildman–Crippen MR) is 135 cm³/mol. The Morgan fingerprint density at radius 1 is 0.850 bits per heavy atom. The molecule has 2 saturated heterocycles. The first-order valence-electron chi connectivity index (χ1n) is 13.4. The molecule has 15 atom stereocenters. The minimum Gasteiger partial charge on any atom is -0.467 e. The fourth-order valence-corrected chi connectivity index (χ4v) is 5.45. The molecule has 1 aliphatic carbocycles. The van der Waals surface area contributed by atoms with Crippen molar-refractivity contribution in [2.24, 2.45) is 33.8 Å². The van der Waals surface area contributed by atoms with E-state index < -0.39 is 98.5 Å². The summed E-state index contributed by atoms with van der Waals surface area (Å²) in [6, 6.07) is -3.07. The summed E-state index contributed by atoms with van der Waals surface area (Å²) in [5.74, 6) is 0.493. The van der Waals surface area contributed by atoms with Crippen LogP contribution in [0.1, 0.15) is 19.3 Å². The average Bonchev–Trinajstić information content (AvgIpc) is 3.24. The Kier molecular flexibility index (Phi) is 10.8. The third-order valence-electron chi connectivity index (χ3n) is 7.77. The van der Waals surface area contributed by atoms with E-state index in [2.05, 4.69) is 5.18 Å². The maximum absolute atomic E-state index is 11.2. The molecule has 0 amide bonds. The van der Waals surface area contributed by atoms with Crippen LogP contribution in [0.2, 0.25) is 0 Å². The number of hydrogen-bond acceptors (Lipinski definition) is 17. The van der Waals surface area contributed by atoms with E-state index in [1.807, 2.05) is 0 Å². The zero-order valence-electron chi connectivity index (χ0n) is 22.0. The Morgan fingerprint density at radius 2 is 1.57 bits per heavy atom. The standard InChI is InChI=1S/C23H42N6O11/c24-5-8-1-2-9(26)22(35-8)39-19-11(28)3-10(27)16(31)21(19)40-23-18(33)20(14(7-30)37-23)38-15-4-12(29-34)17(32)13(6-25)36-15/h1,9-23,30-33H,2-7,24-28H2/t9-,10-,11+,12-,13+,14-,15-,16+,17-,18-,19-,20-,21-,22-,23+/m1/s1. The molecule has 17 heteroatoms. The molecule has 0 aromatic rings. The van der Waals surface area contributed by atoms with E-state index in [9.17, 15) is 25.3 Å². The molecule has 0 spiro atoms. The van der Waals surface area contributed by atoms with E-state index in [0.717, 1.165) is 0 Å². The number of nitrogens with zero attached hydrogens (tertiary/aromatic N) is 1. The molecule has 40 heavy (non-hydrogen) atoms. The molecule has 1 saturated carbocycles. The monoisotopic (exact) mass is 578 g/mol. The van der Waals surface area contributed by atoms with Crippen molar-refractivity contribution in [3.63, 3.8) is 0 Å². The van der Waals surface area contributed by atoms with Gasteiger partial charge in [0, 0.05) is 25.0 Å². The number of aliphatic hydroxyl groups excluding tert-OH is 4. The molecule has 0 radical (unpaired) electrons. The number of ether oxygens (including phenoxy) is 6. The second kappa shape index (κ2) is 13.7. The largest absolute Gasteiger partial charge is 0.467 e. The van der Waals surface area contributed by atoms with Crippen LogP contribution < -0.4 is 28.7 Å². The summed E-state index contributed by atoms with van der Waals surface area (Å²) in [6.45, 7) is -0.537. The maximum atomic E-state index is 11.2. The quantitative estimate of drug-likeness (QED) is 0.110. The lowest BCUT2D eigenvalue weighted by Gasteiger charge is -2.45. The molecule has 4 rings (SSSR count). The molecule has 3 fully saturated rings. The van der Waals surface area contributed by atoms with Gasteiger partial charge in [0.1, 0.15) is 54.5 Å². The van der Waals surface area contributed by atoms with Crippen LogP contribution >= 0.6 is 0 Å². The number of nitroso groups, excluding NO2 is 1. The van der Waals surface area contributed by atoms with Gasteiger partial charge in [0.15, 0.2) is 12.6 Å². The predicted octanol–water partition coefficient (Wildman–Crippen LogP) is -4.87. The molecular formula is C23H42N6O11. The molecule has 230 valence electrons. The van der Waals surface area contributed by atoms with E-state index in [-0.39, 0.29) is 25.9 Å². The van der Waals surface area contributed by atoms with Crippen LogP contribution in [0.3, 0.4) is 0 Å². The van der Waals surface area contributed by atoms with E-state index in [4.69, 9.17) is 57.1 Å². The number of nitrogens with two attached hydrogens (primary N) is 5. The summed E-state index contributed by atoms with van der Waals surface area (Å²) in [7, 11) is 0. The molecule has 0 unspecified atom stereocenters.